The number of aliphatic carboxylic acids is 2. The summed E-state index contributed by atoms with van der Waals surface area (Å²) in [5, 5.41) is 28.4. The first kappa shape index (κ1) is 41.7. The van der Waals surface area contributed by atoms with Gasteiger partial charge in [-0.05, 0) is 19.3 Å². The van der Waals surface area contributed by atoms with Crippen molar-refractivity contribution in [3.8, 4) is 0 Å². The second-order valence-electron chi connectivity index (χ2n) is 10.4. The molecular weight excluding hydrogens is 592 g/mol. The Kier molecular flexibility index (Phi) is 27.3. The van der Waals surface area contributed by atoms with E-state index in [1.807, 2.05) is 0 Å². The molecule has 0 spiro atoms. The first-order valence-corrected chi connectivity index (χ1v) is 15.9. The van der Waals surface area contributed by atoms with Crippen molar-refractivity contribution in [2.75, 3.05) is 59.3 Å². The summed E-state index contributed by atoms with van der Waals surface area (Å²) in [6.45, 7) is 3.88. The molecule has 0 aliphatic rings. The van der Waals surface area contributed by atoms with E-state index in [0.29, 0.717) is 45.6 Å². The minimum absolute atomic E-state index is 0.0329. The van der Waals surface area contributed by atoms with Gasteiger partial charge in [-0.15, -0.1) is 0 Å². The van der Waals surface area contributed by atoms with Crippen molar-refractivity contribution in [2.24, 2.45) is 0 Å². The number of carbonyl (C=O) groups excluding carboxylic acids is 4. The Bertz CT molecular complexity index is 858. The fourth-order valence-electron chi connectivity index (χ4n) is 3.96. The van der Waals surface area contributed by atoms with E-state index in [4.69, 9.17) is 19.3 Å². The standard InChI is InChI=1S/C30H54N4O11/c1-2-25(35)31-15-18-43-19-17-33-28(38)23-45-22-21-44-20-16-32-26(36)14-13-24(30(41)42)34-27(37)11-9-7-5-3-4-6-8-10-12-29(39)40/h24H,2-23H2,1H3,(H,31,35)(H,32,36)(H,33,38)(H,34,37)(H,39,40)(H,41,42)/t24-/m1/s1. The Hall–Kier alpha value is -3.30. The van der Waals surface area contributed by atoms with Gasteiger partial charge in [-0.2, -0.15) is 0 Å². The molecule has 0 unspecified atom stereocenters. The van der Waals surface area contributed by atoms with Crippen LogP contribution in [0.25, 0.3) is 0 Å². The first-order valence-electron chi connectivity index (χ1n) is 15.9. The van der Waals surface area contributed by atoms with Gasteiger partial charge < -0.3 is 45.7 Å². The van der Waals surface area contributed by atoms with Crippen LogP contribution in [-0.2, 0) is 43.0 Å². The van der Waals surface area contributed by atoms with Gasteiger partial charge in [0.15, 0.2) is 0 Å². The van der Waals surface area contributed by atoms with Crippen molar-refractivity contribution in [1.29, 1.82) is 0 Å². The van der Waals surface area contributed by atoms with Gasteiger partial charge in [0.05, 0.1) is 33.0 Å². The molecule has 0 fully saturated rings. The molecular formula is C30H54N4O11. The normalized spacial score (nSPS) is 11.4. The molecule has 0 saturated heterocycles. The fourth-order valence-corrected chi connectivity index (χ4v) is 3.96. The second kappa shape index (κ2) is 29.4. The van der Waals surface area contributed by atoms with E-state index in [1.165, 1.54) is 0 Å². The zero-order chi connectivity index (χ0) is 33.5. The van der Waals surface area contributed by atoms with E-state index in [1.54, 1.807) is 6.92 Å². The summed E-state index contributed by atoms with van der Waals surface area (Å²) in [6.07, 6.45) is 7.84. The highest BCUT2D eigenvalue weighted by Crippen LogP contribution is 2.11. The highest BCUT2D eigenvalue weighted by Gasteiger charge is 2.20. The molecule has 0 aromatic carbocycles. The third-order valence-corrected chi connectivity index (χ3v) is 6.47. The van der Waals surface area contributed by atoms with Crippen LogP contribution in [0, 0.1) is 0 Å². The number of carboxylic acid groups (broad SMARTS) is 2. The lowest BCUT2D eigenvalue weighted by Crippen LogP contribution is -2.41. The van der Waals surface area contributed by atoms with Crippen molar-refractivity contribution < 1.29 is 53.2 Å². The molecule has 0 rings (SSSR count). The molecule has 0 aliphatic carbocycles. The molecule has 0 aromatic heterocycles. The van der Waals surface area contributed by atoms with Crippen molar-refractivity contribution in [1.82, 2.24) is 21.3 Å². The van der Waals surface area contributed by atoms with E-state index >= 15 is 0 Å². The Morgan fingerprint density at radius 1 is 0.556 bits per heavy atom. The lowest BCUT2D eigenvalue weighted by Gasteiger charge is -2.14. The Morgan fingerprint density at radius 2 is 1.04 bits per heavy atom. The molecule has 1 atom stereocenters. The zero-order valence-corrected chi connectivity index (χ0v) is 26.7. The molecule has 0 radical (unpaired) electrons. The van der Waals surface area contributed by atoms with Crippen molar-refractivity contribution in [3.05, 3.63) is 0 Å². The zero-order valence-electron chi connectivity index (χ0n) is 26.7. The predicted molar refractivity (Wildman–Crippen MR) is 164 cm³/mol. The van der Waals surface area contributed by atoms with Crippen LogP contribution in [0.15, 0.2) is 0 Å². The molecule has 0 aliphatic heterocycles. The van der Waals surface area contributed by atoms with Crippen molar-refractivity contribution in [2.45, 2.75) is 96.4 Å². The van der Waals surface area contributed by atoms with Crippen LogP contribution in [0.3, 0.4) is 0 Å². The maximum Gasteiger partial charge on any atom is 0.326 e. The second-order valence-corrected chi connectivity index (χ2v) is 10.4. The maximum absolute atomic E-state index is 12.1. The number of hydrogen-bond donors (Lipinski definition) is 6. The monoisotopic (exact) mass is 646 g/mol. The number of carboxylic acids is 2. The van der Waals surface area contributed by atoms with Crippen molar-refractivity contribution in [3.63, 3.8) is 0 Å². The lowest BCUT2D eigenvalue weighted by atomic mass is 10.1. The summed E-state index contributed by atoms with van der Waals surface area (Å²) in [7, 11) is 0. The number of nitrogens with one attached hydrogen (secondary N) is 4. The highest BCUT2D eigenvalue weighted by molar-refractivity contribution is 5.84. The molecule has 15 nitrogen and oxygen atoms in total. The molecule has 45 heavy (non-hydrogen) atoms. The minimum Gasteiger partial charge on any atom is -0.481 e. The van der Waals surface area contributed by atoms with E-state index in [0.717, 1.165) is 38.5 Å². The molecule has 0 bridgehead atoms. The summed E-state index contributed by atoms with van der Waals surface area (Å²) < 4.78 is 15.9. The maximum atomic E-state index is 12.1. The summed E-state index contributed by atoms with van der Waals surface area (Å²) in [6, 6.07) is -1.15. The van der Waals surface area contributed by atoms with Crippen LogP contribution < -0.4 is 21.3 Å². The molecule has 0 saturated carbocycles. The van der Waals surface area contributed by atoms with Gasteiger partial charge >= 0.3 is 11.9 Å². The fraction of sp³-hybridized carbons (Fsp3) is 0.800. The van der Waals surface area contributed by atoms with Crippen LogP contribution in [-0.4, -0.2) is 111 Å². The van der Waals surface area contributed by atoms with Crippen LogP contribution in [0.1, 0.15) is 90.4 Å². The Balaban J connectivity index is 3.72. The van der Waals surface area contributed by atoms with Gasteiger partial charge in [0.25, 0.3) is 0 Å². The van der Waals surface area contributed by atoms with Crippen LogP contribution >= 0.6 is 0 Å². The summed E-state index contributed by atoms with van der Waals surface area (Å²) in [4.78, 5) is 69.0. The van der Waals surface area contributed by atoms with Gasteiger partial charge in [-0.3, -0.25) is 24.0 Å². The van der Waals surface area contributed by atoms with Gasteiger partial charge in [0.2, 0.25) is 23.6 Å². The average Bonchev–Trinajstić information content (AvgIpc) is 3.00. The SMILES string of the molecule is CCC(=O)NCCOCCNC(=O)COCCOCCNC(=O)CC[C@@H](NC(=O)CCCCCCCCCCC(=O)O)C(=O)O. The van der Waals surface area contributed by atoms with E-state index in [9.17, 15) is 33.9 Å². The Labute approximate surface area is 265 Å². The summed E-state index contributed by atoms with van der Waals surface area (Å²) in [5.74, 6) is -3.02. The largest absolute Gasteiger partial charge is 0.481 e. The predicted octanol–water partition coefficient (Wildman–Crippen LogP) is 1.13. The average molecular weight is 647 g/mol. The summed E-state index contributed by atoms with van der Waals surface area (Å²) in [5.41, 5.74) is 0. The highest BCUT2D eigenvalue weighted by atomic mass is 16.5. The van der Waals surface area contributed by atoms with Crippen LogP contribution in [0.4, 0.5) is 0 Å². The van der Waals surface area contributed by atoms with E-state index < -0.39 is 18.0 Å². The number of ether oxygens (including phenoxy) is 3. The summed E-state index contributed by atoms with van der Waals surface area (Å²) >= 11 is 0. The number of unbranched alkanes of at least 4 members (excludes halogenated alkanes) is 7. The first-order chi connectivity index (χ1) is 21.6. The third-order valence-electron chi connectivity index (χ3n) is 6.47. The Morgan fingerprint density at radius 3 is 1.60 bits per heavy atom. The molecule has 0 aromatic rings. The quantitative estimate of drug-likeness (QED) is 0.0587. The van der Waals surface area contributed by atoms with Gasteiger partial charge in [0, 0.05) is 45.3 Å². The molecule has 260 valence electrons. The number of carbonyl (C=O) groups is 6. The topological polar surface area (TPSA) is 219 Å². The van der Waals surface area contributed by atoms with Gasteiger partial charge in [-0.1, -0.05) is 45.4 Å². The minimum atomic E-state index is -1.20. The van der Waals surface area contributed by atoms with E-state index in [2.05, 4.69) is 21.3 Å². The molecule has 0 heterocycles. The van der Waals surface area contributed by atoms with Crippen LogP contribution in [0.2, 0.25) is 0 Å². The lowest BCUT2D eigenvalue weighted by molar-refractivity contribution is -0.142. The number of hydrogen-bond acceptors (Lipinski definition) is 9. The smallest absolute Gasteiger partial charge is 0.326 e. The van der Waals surface area contributed by atoms with Crippen LogP contribution in [0.5, 0.6) is 0 Å². The van der Waals surface area contributed by atoms with Gasteiger partial charge in [-0.25, -0.2) is 4.79 Å². The van der Waals surface area contributed by atoms with Gasteiger partial charge in [0.1, 0.15) is 12.6 Å². The van der Waals surface area contributed by atoms with Crippen molar-refractivity contribution >= 4 is 35.6 Å². The van der Waals surface area contributed by atoms with E-state index in [-0.39, 0.29) is 82.3 Å². The number of rotatable bonds is 31. The molecule has 15 heteroatoms. The third kappa shape index (κ3) is 29.2. The number of amides is 4. The molecule has 6 N–H and O–H groups in total. The molecule has 4 amide bonds.